The number of methoxy groups -OCH3 is 1. The van der Waals surface area contributed by atoms with Gasteiger partial charge in [0.1, 0.15) is 5.60 Å². The number of Topliss-reactive ketones (excluding diaryl/α,β-unsaturated/α-hetero) is 1. The lowest BCUT2D eigenvalue weighted by Gasteiger charge is -2.34. The molecule has 0 amide bonds. The first-order valence-corrected chi connectivity index (χ1v) is 7.75. The molecule has 3 rings (SSSR count). The summed E-state index contributed by atoms with van der Waals surface area (Å²) in [7, 11) is 1.65. The maximum atomic E-state index is 12.9. The average molecular weight is 290 g/mol. The van der Waals surface area contributed by atoms with Crippen molar-refractivity contribution in [1.82, 2.24) is 0 Å². The minimum atomic E-state index is -0.655. The predicted molar refractivity (Wildman–Crippen MR) is 79.2 cm³/mol. The lowest BCUT2D eigenvalue weighted by Crippen LogP contribution is -2.42. The van der Waals surface area contributed by atoms with Crippen molar-refractivity contribution in [3.63, 3.8) is 0 Å². The SMILES string of the molecule is COC1(C(=O)c2ccc3c(c2)OCCCO3)CCCCC1. The summed E-state index contributed by atoms with van der Waals surface area (Å²) in [5.74, 6) is 1.46. The largest absolute Gasteiger partial charge is 0.490 e. The molecule has 1 aliphatic heterocycles. The molecule has 1 heterocycles. The second kappa shape index (κ2) is 6.06. The van der Waals surface area contributed by atoms with Gasteiger partial charge in [0.15, 0.2) is 17.3 Å². The van der Waals surface area contributed by atoms with Gasteiger partial charge in [0.05, 0.1) is 13.2 Å². The zero-order valence-corrected chi connectivity index (χ0v) is 12.5. The summed E-state index contributed by atoms with van der Waals surface area (Å²) in [6.45, 7) is 1.28. The third-order valence-electron chi connectivity index (χ3n) is 4.48. The number of hydrogen-bond acceptors (Lipinski definition) is 4. The van der Waals surface area contributed by atoms with E-state index in [4.69, 9.17) is 14.2 Å². The molecule has 1 aromatic rings. The number of benzene rings is 1. The maximum Gasteiger partial charge on any atom is 0.194 e. The van der Waals surface area contributed by atoms with Crippen molar-refractivity contribution in [3.05, 3.63) is 23.8 Å². The van der Waals surface area contributed by atoms with Crippen molar-refractivity contribution in [1.29, 1.82) is 0 Å². The molecule has 0 N–H and O–H groups in total. The Hall–Kier alpha value is -1.55. The lowest BCUT2D eigenvalue weighted by atomic mass is 9.79. The lowest BCUT2D eigenvalue weighted by molar-refractivity contribution is -0.0194. The molecular formula is C17H22O4. The van der Waals surface area contributed by atoms with E-state index in [0.29, 0.717) is 24.5 Å². The molecule has 1 fully saturated rings. The average Bonchev–Trinajstić information content (AvgIpc) is 2.79. The molecule has 0 bridgehead atoms. The minimum absolute atomic E-state index is 0.0698. The second-order valence-electron chi connectivity index (χ2n) is 5.80. The van der Waals surface area contributed by atoms with E-state index in [1.165, 1.54) is 6.42 Å². The highest BCUT2D eigenvalue weighted by Crippen LogP contribution is 2.37. The number of carbonyl (C=O) groups excluding carboxylic acids is 1. The first kappa shape index (κ1) is 14.4. The van der Waals surface area contributed by atoms with Gasteiger partial charge in [0.25, 0.3) is 0 Å². The topological polar surface area (TPSA) is 44.8 Å². The van der Waals surface area contributed by atoms with Gasteiger partial charge in [-0.1, -0.05) is 19.3 Å². The van der Waals surface area contributed by atoms with E-state index in [0.717, 1.165) is 37.9 Å². The molecule has 0 spiro atoms. The van der Waals surface area contributed by atoms with Gasteiger partial charge in [-0.15, -0.1) is 0 Å². The normalized spacial score (nSPS) is 20.6. The van der Waals surface area contributed by atoms with Crippen LogP contribution < -0.4 is 9.47 Å². The van der Waals surface area contributed by atoms with Gasteiger partial charge in [0.2, 0.25) is 0 Å². The zero-order chi connectivity index (χ0) is 14.7. The Morgan fingerprint density at radius 1 is 1.05 bits per heavy atom. The van der Waals surface area contributed by atoms with Gasteiger partial charge in [-0.25, -0.2) is 0 Å². The van der Waals surface area contributed by atoms with E-state index in [1.54, 1.807) is 13.2 Å². The fourth-order valence-electron chi connectivity index (χ4n) is 3.21. The van der Waals surface area contributed by atoms with Crippen LogP contribution in [0.2, 0.25) is 0 Å². The van der Waals surface area contributed by atoms with E-state index in [9.17, 15) is 4.79 Å². The molecule has 1 saturated carbocycles. The Morgan fingerprint density at radius 2 is 1.76 bits per heavy atom. The van der Waals surface area contributed by atoms with Crippen LogP contribution in [0.15, 0.2) is 18.2 Å². The molecule has 0 aromatic heterocycles. The Balaban J connectivity index is 1.88. The number of hydrogen-bond donors (Lipinski definition) is 0. The van der Waals surface area contributed by atoms with Crippen molar-refractivity contribution < 1.29 is 19.0 Å². The molecule has 4 heteroatoms. The van der Waals surface area contributed by atoms with Crippen molar-refractivity contribution in [2.45, 2.75) is 44.1 Å². The zero-order valence-electron chi connectivity index (χ0n) is 12.5. The number of fused-ring (bicyclic) bond motifs is 1. The molecule has 0 saturated heterocycles. The quantitative estimate of drug-likeness (QED) is 0.801. The number of ketones is 1. The van der Waals surface area contributed by atoms with E-state index in [1.807, 2.05) is 12.1 Å². The fraction of sp³-hybridized carbons (Fsp3) is 0.588. The molecule has 1 aliphatic carbocycles. The van der Waals surface area contributed by atoms with Crippen LogP contribution in [0.3, 0.4) is 0 Å². The molecule has 1 aromatic carbocycles. The van der Waals surface area contributed by atoms with Crippen LogP contribution in [-0.4, -0.2) is 31.7 Å². The summed E-state index contributed by atoms with van der Waals surface area (Å²) < 4.78 is 16.9. The van der Waals surface area contributed by atoms with Crippen LogP contribution >= 0.6 is 0 Å². The molecule has 0 atom stereocenters. The highest BCUT2D eigenvalue weighted by molar-refractivity contribution is 6.03. The van der Waals surface area contributed by atoms with Crippen molar-refractivity contribution in [2.24, 2.45) is 0 Å². The Kier molecular flexibility index (Phi) is 4.15. The van der Waals surface area contributed by atoms with Gasteiger partial charge in [-0.2, -0.15) is 0 Å². The predicted octanol–water partition coefficient (Wildman–Crippen LogP) is 3.38. The van der Waals surface area contributed by atoms with Gasteiger partial charge in [-0.05, 0) is 31.0 Å². The van der Waals surface area contributed by atoms with E-state index in [-0.39, 0.29) is 5.78 Å². The highest BCUT2D eigenvalue weighted by atomic mass is 16.5. The first-order valence-electron chi connectivity index (χ1n) is 7.75. The van der Waals surface area contributed by atoms with E-state index < -0.39 is 5.60 Å². The van der Waals surface area contributed by atoms with Gasteiger partial charge in [-0.3, -0.25) is 4.79 Å². The van der Waals surface area contributed by atoms with Crippen LogP contribution in [0.25, 0.3) is 0 Å². The van der Waals surface area contributed by atoms with Crippen molar-refractivity contribution >= 4 is 5.78 Å². The fourth-order valence-corrected chi connectivity index (χ4v) is 3.21. The number of rotatable bonds is 3. The van der Waals surface area contributed by atoms with Gasteiger partial charge >= 0.3 is 0 Å². The van der Waals surface area contributed by atoms with Crippen LogP contribution in [0.5, 0.6) is 11.5 Å². The minimum Gasteiger partial charge on any atom is -0.490 e. The Bertz CT molecular complexity index is 518. The molecular weight excluding hydrogens is 268 g/mol. The molecule has 0 radical (unpaired) electrons. The van der Waals surface area contributed by atoms with E-state index in [2.05, 4.69) is 0 Å². The van der Waals surface area contributed by atoms with E-state index >= 15 is 0 Å². The van der Waals surface area contributed by atoms with Crippen LogP contribution in [0.4, 0.5) is 0 Å². The monoisotopic (exact) mass is 290 g/mol. The van der Waals surface area contributed by atoms with Crippen LogP contribution in [0, 0.1) is 0 Å². The Morgan fingerprint density at radius 3 is 2.48 bits per heavy atom. The highest BCUT2D eigenvalue weighted by Gasteiger charge is 2.40. The summed E-state index contributed by atoms with van der Waals surface area (Å²) in [6.07, 6.45) is 5.74. The molecule has 114 valence electrons. The molecule has 2 aliphatic rings. The summed E-state index contributed by atoms with van der Waals surface area (Å²) in [6, 6.07) is 5.46. The van der Waals surface area contributed by atoms with Crippen LogP contribution in [0.1, 0.15) is 48.9 Å². The summed E-state index contributed by atoms with van der Waals surface area (Å²) in [5, 5.41) is 0. The van der Waals surface area contributed by atoms with Crippen molar-refractivity contribution in [3.8, 4) is 11.5 Å². The number of carbonyl (C=O) groups is 1. The first-order chi connectivity index (χ1) is 10.2. The van der Waals surface area contributed by atoms with Gasteiger partial charge in [0, 0.05) is 19.1 Å². The Labute approximate surface area is 125 Å². The molecule has 0 unspecified atom stereocenters. The van der Waals surface area contributed by atoms with Crippen molar-refractivity contribution in [2.75, 3.05) is 20.3 Å². The maximum absolute atomic E-state index is 12.9. The molecule has 21 heavy (non-hydrogen) atoms. The summed E-state index contributed by atoms with van der Waals surface area (Å²) in [4.78, 5) is 12.9. The van der Waals surface area contributed by atoms with Gasteiger partial charge < -0.3 is 14.2 Å². The van der Waals surface area contributed by atoms with Crippen LogP contribution in [-0.2, 0) is 4.74 Å². The standard InChI is InChI=1S/C17H22O4/c1-19-17(8-3-2-4-9-17)16(18)13-6-7-14-15(12-13)21-11-5-10-20-14/h6-7,12H,2-5,8-11H2,1H3. The molecule has 4 nitrogen and oxygen atoms in total. The summed E-state index contributed by atoms with van der Waals surface area (Å²) in [5.41, 5.74) is 0.000866. The second-order valence-corrected chi connectivity index (χ2v) is 5.80. The summed E-state index contributed by atoms with van der Waals surface area (Å²) >= 11 is 0. The smallest absolute Gasteiger partial charge is 0.194 e. The third kappa shape index (κ3) is 2.77. The number of ether oxygens (including phenoxy) is 3. The third-order valence-corrected chi connectivity index (χ3v) is 4.48.